The third kappa shape index (κ3) is 2.95. The lowest BCUT2D eigenvalue weighted by atomic mass is 9.82. The van der Waals surface area contributed by atoms with Gasteiger partial charge < -0.3 is 14.2 Å². The van der Waals surface area contributed by atoms with Crippen LogP contribution in [0.15, 0.2) is 0 Å². The van der Waals surface area contributed by atoms with Crippen LogP contribution in [0.25, 0.3) is 0 Å². The maximum Gasteiger partial charge on any atom is 0.404 e. The smallest absolute Gasteiger partial charge is 0.404 e. The molecule has 1 aliphatic heterocycles. The maximum absolute atomic E-state index is 13.0. The summed E-state index contributed by atoms with van der Waals surface area (Å²) < 4.78 is 53.8. The largest absolute Gasteiger partial charge is 0.468 e. The van der Waals surface area contributed by atoms with Crippen LogP contribution < -0.4 is 0 Å². The molecule has 0 amide bonds. The number of hydrogen-bond donors (Lipinski definition) is 0. The Hall–Kier alpha value is -0.820. The highest BCUT2D eigenvalue weighted by Crippen LogP contribution is 2.44. The predicted molar refractivity (Wildman–Crippen MR) is 55.9 cm³/mol. The van der Waals surface area contributed by atoms with Gasteiger partial charge in [-0.05, 0) is 13.8 Å². The van der Waals surface area contributed by atoms with Gasteiger partial charge in [-0.3, -0.25) is 4.79 Å². The van der Waals surface area contributed by atoms with Crippen molar-refractivity contribution < 1.29 is 32.2 Å². The van der Waals surface area contributed by atoms with Crippen molar-refractivity contribution in [2.45, 2.75) is 38.7 Å². The Morgan fingerprint density at radius 1 is 1.33 bits per heavy atom. The predicted octanol–water partition coefficient (Wildman–Crippen LogP) is 1.92. The number of halogens is 3. The molecule has 0 aromatic carbocycles. The Morgan fingerprint density at radius 3 is 2.33 bits per heavy atom. The third-order valence-electron chi connectivity index (χ3n) is 3.19. The minimum atomic E-state index is -4.69. The first kappa shape index (κ1) is 15.2. The number of rotatable bonds is 3. The average Bonchev–Trinajstić information content (AvgIpc) is 2.29. The van der Waals surface area contributed by atoms with Crippen LogP contribution in [0.5, 0.6) is 0 Å². The highest BCUT2D eigenvalue weighted by Gasteiger charge is 2.59. The lowest BCUT2D eigenvalue weighted by Gasteiger charge is -2.36. The van der Waals surface area contributed by atoms with Crippen molar-refractivity contribution in [1.29, 1.82) is 0 Å². The SMILES string of the molecule is COC(=O)C(C)(CC1OCCOC1C)C(F)(F)F. The zero-order valence-corrected chi connectivity index (χ0v) is 10.5. The van der Waals surface area contributed by atoms with Gasteiger partial charge in [0.1, 0.15) is 0 Å². The van der Waals surface area contributed by atoms with Gasteiger partial charge in [0.2, 0.25) is 0 Å². The summed E-state index contributed by atoms with van der Waals surface area (Å²) in [5.74, 6) is -1.31. The summed E-state index contributed by atoms with van der Waals surface area (Å²) in [4.78, 5) is 11.4. The van der Waals surface area contributed by atoms with E-state index in [0.29, 0.717) is 6.61 Å². The molecule has 4 nitrogen and oxygen atoms in total. The van der Waals surface area contributed by atoms with Crippen molar-refractivity contribution in [3.8, 4) is 0 Å². The number of methoxy groups -OCH3 is 1. The lowest BCUT2D eigenvalue weighted by Crippen LogP contribution is -2.49. The third-order valence-corrected chi connectivity index (χ3v) is 3.19. The molecule has 106 valence electrons. The molecule has 1 fully saturated rings. The Bertz CT molecular complexity index is 305. The lowest BCUT2D eigenvalue weighted by molar-refractivity contribution is -0.244. The van der Waals surface area contributed by atoms with E-state index >= 15 is 0 Å². The average molecular weight is 270 g/mol. The number of esters is 1. The minimum absolute atomic E-state index is 0.226. The monoisotopic (exact) mass is 270 g/mol. The van der Waals surface area contributed by atoms with Crippen LogP contribution in [0, 0.1) is 5.41 Å². The van der Waals surface area contributed by atoms with E-state index < -0.39 is 36.2 Å². The summed E-state index contributed by atoms with van der Waals surface area (Å²) in [5, 5.41) is 0. The van der Waals surface area contributed by atoms with E-state index in [0.717, 1.165) is 14.0 Å². The fraction of sp³-hybridized carbons (Fsp3) is 0.909. The van der Waals surface area contributed by atoms with Gasteiger partial charge in [-0.25, -0.2) is 0 Å². The molecule has 1 aliphatic rings. The highest BCUT2D eigenvalue weighted by molar-refractivity contribution is 5.77. The molecule has 1 heterocycles. The molecular weight excluding hydrogens is 253 g/mol. The quantitative estimate of drug-likeness (QED) is 0.735. The second-order valence-electron chi connectivity index (χ2n) is 4.51. The van der Waals surface area contributed by atoms with E-state index in [2.05, 4.69) is 4.74 Å². The van der Waals surface area contributed by atoms with Crippen molar-refractivity contribution in [3.05, 3.63) is 0 Å². The molecule has 0 N–H and O–H groups in total. The van der Waals surface area contributed by atoms with Crippen LogP contribution in [-0.4, -0.2) is 44.7 Å². The van der Waals surface area contributed by atoms with Crippen molar-refractivity contribution in [2.75, 3.05) is 20.3 Å². The van der Waals surface area contributed by atoms with Crippen LogP contribution in [-0.2, 0) is 19.0 Å². The first-order chi connectivity index (χ1) is 8.22. The van der Waals surface area contributed by atoms with Gasteiger partial charge in [0.05, 0.1) is 32.5 Å². The fourth-order valence-corrected chi connectivity index (χ4v) is 1.84. The normalized spacial score (nSPS) is 28.6. The minimum Gasteiger partial charge on any atom is -0.468 e. The van der Waals surface area contributed by atoms with Crippen molar-refractivity contribution >= 4 is 5.97 Å². The zero-order chi connectivity index (χ0) is 14.0. The number of alkyl halides is 3. The molecule has 0 spiro atoms. The zero-order valence-electron chi connectivity index (χ0n) is 10.5. The topological polar surface area (TPSA) is 44.8 Å². The molecule has 0 aromatic heterocycles. The molecule has 0 saturated carbocycles. The van der Waals surface area contributed by atoms with Gasteiger partial charge in [0.15, 0.2) is 5.41 Å². The van der Waals surface area contributed by atoms with Crippen LogP contribution in [0.1, 0.15) is 20.3 Å². The second kappa shape index (κ2) is 5.44. The van der Waals surface area contributed by atoms with Crippen LogP contribution >= 0.6 is 0 Å². The summed E-state index contributed by atoms with van der Waals surface area (Å²) in [6.45, 7) is 3.02. The number of carbonyl (C=O) groups is 1. The van der Waals surface area contributed by atoms with Gasteiger partial charge in [0.25, 0.3) is 0 Å². The Balaban J connectivity index is 2.88. The van der Waals surface area contributed by atoms with Gasteiger partial charge >= 0.3 is 12.1 Å². The van der Waals surface area contributed by atoms with Crippen LogP contribution in [0.2, 0.25) is 0 Å². The molecule has 0 aliphatic carbocycles. The molecule has 18 heavy (non-hydrogen) atoms. The Labute approximate surface area is 103 Å². The molecule has 0 aromatic rings. The molecule has 3 atom stereocenters. The van der Waals surface area contributed by atoms with E-state index in [1.165, 1.54) is 0 Å². The molecule has 0 bridgehead atoms. The summed E-state index contributed by atoms with van der Waals surface area (Å²) in [6, 6.07) is 0. The van der Waals surface area contributed by atoms with E-state index in [-0.39, 0.29) is 6.61 Å². The number of carbonyl (C=O) groups excluding carboxylic acids is 1. The van der Waals surface area contributed by atoms with Crippen molar-refractivity contribution in [2.24, 2.45) is 5.41 Å². The molecule has 1 rings (SSSR count). The van der Waals surface area contributed by atoms with Crippen molar-refractivity contribution in [1.82, 2.24) is 0 Å². The van der Waals surface area contributed by atoms with Gasteiger partial charge in [-0.15, -0.1) is 0 Å². The van der Waals surface area contributed by atoms with Gasteiger partial charge in [-0.1, -0.05) is 0 Å². The van der Waals surface area contributed by atoms with E-state index in [1.807, 2.05) is 0 Å². The van der Waals surface area contributed by atoms with Gasteiger partial charge in [0, 0.05) is 6.42 Å². The van der Waals surface area contributed by atoms with E-state index in [9.17, 15) is 18.0 Å². The Morgan fingerprint density at radius 2 is 1.89 bits per heavy atom. The molecule has 3 unspecified atom stereocenters. The number of hydrogen-bond acceptors (Lipinski definition) is 4. The number of ether oxygens (including phenoxy) is 3. The Kier molecular flexibility index (Phi) is 4.61. The standard InChI is InChI=1S/C11H17F3O4/c1-7-8(18-5-4-17-7)6-10(2,9(15)16-3)11(12,13)14/h7-8H,4-6H2,1-3H3. The summed E-state index contributed by atoms with van der Waals surface area (Å²) in [7, 11) is 0.938. The van der Waals surface area contributed by atoms with E-state index in [4.69, 9.17) is 9.47 Å². The highest BCUT2D eigenvalue weighted by atomic mass is 19.4. The van der Waals surface area contributed by atoms with E-state index in [1.54, 1.807) is 6.92 Å². The van der Waals surface area contributed by atoms with Crippen LogP contribution in [0.4, 0.5) is 13.2 Å². The first-order valence-electron chi connectivity index (χ1n) is 5.60. The molecule has 0 radical (unpaired) electrons. The second-order valence-corrected chi connectivity index (χ2v) is 4.51. The fourth-order valence-electron chi connectivity index (χ4n) is 1.84. The van der Waals surface area contributed by atoms with Crippen LogP contribution in [0.3, 0.4) is 0 Å². The summed E-state index contributed by atoms with van der Waals surface area (Å²) in [6.07, 6.45) is -6.46. The molecular formula is C11H17F3O4. The maximum atomic E-state index is 13.0. The first-order valence-corrected chi connectivity index (χ1v) is 5.60. The van der Waals surface area contributed by atoms with Crippen molar-refractivity contribution in [3.63, 3.8) is 0 Å². The van der Waals surface area contributed by atoms with Gasteiger partial charge in [-0.2, -0.15) is 13.2 Å². The molecule has 7 heteroatoms. The summed E-state index contributed by atoms with van der Waals surface area (Å²) >= 11 is 0. The molecule has 1 saturated heterocycles. The summed E-state index contributed by atoms with van der Waals surface area (Å²) in [5.41, 5.74) is -2.58.